The van der Waals surface area contributed by atoms with Crippen molar-refractivity contribution in [1.82, 2.24) is 14.5 Å². The van der Waals surface area contributed by atoms with Crippen molar-refractivity contribution in [3.8, 4) is 0 Å². The average molecular weight is 236 g/mol. The minimum Gasteiger partial charge on any atom is -0.336 e. The fraction of sp³-hybridized carbons (Fsp3) is 0.769. The maximum atomic E-state index is 5.54. The zero-order valence-electron chi connectivity index (χ0n) is 11.0. The Hall–Kier alpha value is -0.870. The minimum absolute atomic E-state index is 0.670. The fourth-order valence-corrected chi connectivity index (χ4v) is 2.61. The van der Waals surface area contributed by atoms with Gasteiger partial charge in [-0.2, -0.15) is 0 Å². The summed E-state index contributed by atoms with van der Waals surface area (Å²) in [6.45, 7) is 8.40. The lowest BCUT2D eigenvalue weighted by Crippen LogP contribution is -2.41. The molecule has 1 aromatic heterocycles. The Balaban J connectivity index is 1.94. The summed E-state index contributed by atoms with van der Waals surface area (Å²) < 4.78 is 2.08. The quantitative estimate of drug-likeness (QED) is 0.861. The summed E-state index contributed by atoms with van der Waals surface area (Å²) >= 11 is 0. The molecule has 0 aromatic carbocycles. The summed E-state index contributed by atoms with van der Waals surface area (Å²) in [5, 5.41) is 0. The maximum absolute atomic E-state index is 5.54. The van der Waals surface area contributed by atoms with Gasteiger partial charge in [0.25, 0.3) is 0 Å². The molecular weight excluding hydrogens is 212 g/mol. The SMILES string of the molecule is CC1CCCN(Cc2cn(CCN)cn2)C1C. The zero-order chi connectivity index (χ0) is 12.3. The van der Waals surface area contributed by atoms with Crippen LogP contribution in [0.3, 0.4) is 0 Å². The van der Waals surface area contributed by atoms with Crippen LogP contribution in [0.4, 0.5) is 0 Å². The molecule has 1 aliphatic rings. The summed E-state index contributed by atoms with van der Waals surface area (Å²) in [7, 11) is 0. The first-order valence-corrected chi connectivity index (χ1v) is 6.65. The first-order valence-electron chi connectivity index (χ1n) is 6.65. The zero-order valence-corrected chi connectivity index (χ0v) is 11.0. The highest BCUT2D eigenvalue weighted by Crippen LogP contribution is 2.23. The van der Waals surface area contributed by atoms with E-state index in [2.05, 4.69) is 34.5 Å². The van der Waals surface area contributed by atoms with E-state index in [1.807, 2.05) is 6.33 Å². The van der Waals surface area contributed by atoms with Gasteiger partial charge in [0.05, 0.1) is 12.0 Å². The Morgan fingerprint density at radius 3 is 3.06 bits per heavy atom. The van der Waals surface area contributed by atoms with E-state index in [-0.39, 0.29) is 0 Å². The third-order valence-electron chi connectivity index (χ3n) is 3.94. The lowest BCUT2D eigenvalue weighted by molar-refractivity contribution is 0.105. The van der Waals surface area contributed by atoms with Crippen LogP contribution in [0.15, 0.2) is 12.5 Å². The van der Waals surface area contributed by atoms with Gasteiger partial charge in [-0.05, 0) is 32.2 Å². The van der Waals surface area contributed by atoms with Crippen molar-refractivity contribution in [2.24, 2.45) is 11.7 Å². The smallest absolute Gasteiger partial charge is 0.0950 e. The largest absolute Gasteiger partial charge is 0.336 e. The monoisotopic (exact) mass is 236 g/mol. The second-order valence-corrected chi connectivity index (χ2v) is 5.22. The second-order valence-electron chi connectivity index (χ2n) is 5.22. The molecule has 96 valence electrons. The van der Waals surface area contributed by atoms with E-state index in [0.29, 0.717) is 12.6 Å². The molecule has 2 unspecified atom stereocenters. The van der Waals surface area contributed by atoms with Crippen molar-refractivity contribution >= 4 is 0 Å². The molecule has 0 spiro atoms. The number of imidazole rings is 1. The highest BCUT2D eigenvalue weighted by molar-refractivity contribution is 4.98. The van der Waals surface area contributed by atoms with Gasteiger partial charge in [-0.15, -0.1) is 0 Å². The molecule has 1 aliphatic heterocycles. The van der Waals surface area contributed by atoms with Crippen LogP contribution in [-0.4, -0.2) is 33.6 Å². The molecule has 1 saturated heterocycles. The van der Waals surface area contributed by atoms with Crippen LogP contribution < -0.4 is 5.73 Å². The average Bonchev–Trinajstić information content (AvgIpc) is 2.73. The minimum atomic E-state index is 0.670. The van der Waals surface area contributed by atoms with Gasteiger partial charge in [-0.3, -0.25) is 4.90 Å². The van der Waals surface area contributed by atoms with Crippen LogP contribution in [0.5, 0.6) is 0 Å². The van der Waals surface area contributed by atoms with Gasteiger partial charge < -0.3 is 10.3 Å². The van der Waals surface area contributed by atoms with Crippen LogP contribution >= 0.6 is 0 Å². The van der Waals surface area contributed by atoms with E-state index in [0.717, 1.165) is 19.0 Å². The molecule has 2 rings (SSSR count). The molecule has 0 bridgehead atoms. The maximum Gasteiger partial charge on any atom is 0.0950 e. The Morgan fingerprint density at radius 1 is 1.47 bits per heavy atom. The van der Waals surface area contributed by atoms with Crippen molar-refractivity contribution < 1.29 is 0 Å². The topological polar surface area (TPSA) is 47.1 Å². The van der Waals surface area contributed by atoms with E-state index >= 15 is 0 Å². The van der Waals surface area contributed by atoms with Crippen LogP contribution in [0, 0.1) is 5.92 Å². The molecule has 4 heteroatoms. The number of likely N-dealkylation sites (tertiary alicyclic amines) is 1. The number of rotatable bonds is 4. The van der Waals surface area contributed by atoms with Crippen LogP contribution in [0.2, 0.25) is 0 Å². The lowest BCUT2D eigenvalue weighted by atomic mass is 9.92. The number of hydrogen-bond acceptors (Lipinski definition) is 3. The fourth-order valence-electron chi connectivity index (χ4n) is 2.61. The Kier molecular flexibility index (Phi) is 4.18. The Bertz CT molecular complexity index is 347. The van der Waals surface area contributed by atoms with Gasteiger partial charge in [0.15, 0.2) is 0 Å². The standard InChI is InChI=1S/C13H24N4/c1-11-4-3-6-17(12(11)2)9-13-8-16(7-5-14)10-15-13/h8,10-12H,3-7,9,14H2,1-2H3. The second kappa shape index (κ2) is 5.65. The Labute approximate surface area is 104 Å². The number of nitrogens with zero attached hydrogens (tertiary/aromatic N) is 3. The number of piperidine rings is 1. The molecular formula is C13H24N4. The van der Waals surface area contributed by atoms with Gasteiger partial charge >= 0.3 is 0 Å². The van der Waals surface area contributed by atoms with Gasteiger partial charge in [0, 0.05) is 31.9 Å². The van der Waals surface area contributed by atoms with Crippen molar-refractivity contribution in [1.29, 1.82) is 0 Å². The summed E-state index contributed by atoms with van der Waals surface area (Å²) in [4.78, 5) is 7.00. The summed E-state index contributed by atoms with van der Waals surface area (Å²) in [5.74, 6) is 0.801. The molecule has 0 aliphatic carbocycles. The third-order valence-corrected chi connectivity index (χ3v) is 3.94. The first-order chi connectivity index (χ1) is 8.20. The molecule has 0 saturated carbocycles. The molecule has 4 nitrogen and oxygen atoms in total. The van der Waals surface area contributed by atoms with E-state index < -0.39 is 0 Å². The summed E-state index contributed by atoms with van der Waals surface area (Å²) in [6, 6.07) is 0.670. The van der Waals surface area contributed by atoms with Gasteiger partial charge in [-0.25, -0.2) is 4.98 Å². The molecule has 1 fully saturated rings. The first kappa shape index (κ1) is 12.6. The van der Waals surface area contributed by atoms with Crippen molar-refractivity contribution in [3.63, 3.8) is 0 Å². The van der Waals surface area contributed by atoms with Crippen molar-refractivity contribution in [2.45, 2.75) is 45.8 Å². The highest BCUT2D eigenvalue weighted by atomic mass is 15.2. The van der Waals surface area contributed by atoms with Crippen molar-refractivity contribution in [3.05, 3.63) is 18.2 Å². The molecule has 17 heavy (non-hydrogen) atoms. The molecule has 2 N–H and O–H groups in total. The van der Waals surface area contributed by atoms with Gasteiger partial charge in [0.2, 0.25) is 0 Å². The van der Waals surface area contributed by atoms with Crippen molar-refractivity contribution in [2.75, 3.05) is 13.1 Å². The summed E-state index contributed by atoms with van der Waals surface area (Å²) in [5.41, 5.74) is 6.70. The van der Waals surface area contributed by atoms with E-state index in [4.69, 9.17) is 5.73 Å². The van der Waals surface area contributed by atoms with E-state index in [1.165, 1.54) is 25.1 Å². The van der Waals surface area contributed by atoms with Crippen LogP contribution in [0.25, 0.3) is 0 Å². The van der Waals surface area contributed by atoms with Crippen LogP contribution in [0.1, 0.15) is 32.4 Å². The molecule has 2 atom stereocenters. The lowest BCUT2D eigenvalue weighted by Gasteiger charge is -2.37. The predicted octanol–water partition coefficient (Wildman–Crippen LogP) is 1.46. The Morgan fingerprint density at radius 2 is 2.29 bits per heavy atom. The highest BCUT2D eigenvalue weighted by Gasteiger charge is 2.24. The third kappa shape index (κ3) is 3.07. The van der Waals surface area contributed by atoms with Gasteiger partial charge in [0.1, 0.15) is 0 Å². The summed E-state index contributed by atoms with van der Waals surface area (Å²) in [6.07, 6.45) is 6.69. The van der Waals surface area contributed by atoms with Crippen LogP contribution in [-0.2, 0) is 13.1 Å². The van der Waals surface area contributed by atoms with Gasteiger partial charge in [-0.1, -0.05) is 6.92 Å². The van der Waals surface area contributed by atoms with E-state index in [9.17, 15) is 0 Å². The predicted molar refractivity (Wildman–Crippen MR) is 69.6 cm³/mol. The molecule has 0 amide bonds. The molecule has 1 aromatic rings. The molecule has 0 radical (unpaired) electrons. The number of hydrogen-bond donors (Lipinski definition) is 1. The normalized spacial score (nSPS) is 26.3. The number of aromatic nitrogens is 2. The molecule has 2 heterocycles. The van der Waals surface area contributed by atoms with E-state index in [1.54, 1.807) is 0 Å². The number of nitrogens with two attached hydrogens (primary N) is 1.